The van der Waals surface area contributed by atoms with Crippen LogP contribution < -0.4 is 11.5 Å². The van der Waals surface area contributed by atoms with Crippen molar-refractivity contribution in [1.29, 1.82) is 0 Å². The van der Waals surface area contributed by atoms with Crippen molar-refractivity contribution < 1.29 is 4.52 Å². The monoisotopic (exact) mass is 211 g/mol. The van der Waals surface area contributed by atoms with Crippen LogP contribution in [0.25, 0.3) is 0 Å². The van der Waals surface area contributed by atoms with Crippen LogP contribution in [0.15, 0.2) is 9.32 Å². The molecule has 1 fully saturated rings. The van der Waals surface area contributed by atoms with Crippen LogP contribution in [-0.4, -0.2) is 16.7 Å². The van der Waals surface area contributed by atoms with E-state index in [1.807, 2.05) is 0 Å². The minimum Gasteiger partial charge on any atom is -0.330 e. The first-order chi connectivity index (χ1) is 7.13. The number of nitrogens with two attached hydrogens (primary N) is 1. The highest BCUT2D eigenvalue weighted by Crippen LogP contribution is 2.42. The van der Waals surface area contributed by atoms with E-state index in [4.69, 9.17) is 5.73 Å². The van der Waals surface area contributed by atoms with Gasteiger partial charge in [0.25, 0.3) is 0 Å². The van der Waals surface area contributed by atoms with Crippen molar-refractivity contribution in [3.05, 3.63) is 16.4 Å². The molecule has 84 valence electrons. The normalized spacial score (nSPS) is 30.9. The van der Waals surface area contributed by atoms with Gasteiger partial charge in [0.2, 0.25) is 0 Å². The zero-order chi connectivity index (χ0) is 10.9. The third-order valence-corrected chi connectivity index (χ3v) is 3.41. The standard InChI is InChI=1S/C10H17N3O2/c1-7-2-3-10(4-7,6-11)5-8-12-9(14)15-13-8/h7H,2-6,11H2,1H3,(H,12,13,14)/t7-,10+/m1/s1. The fraction of sp³-hybridized carbons (Fsp3) is 0.800. The Morgan fingerprint density at radius 1 is 1.73 bits per heavy atom. The number of aromatic amines is 1. The fourth-order valence-corrected chi connectivity index (χ4v) is 2.61. The number of hydrogen-bond acceptors (Lipinski definition) is 4. The molecule has 0 aromatic carbocycles. The van der Waals surface area contributed by atoms with E-state index in [2.05, 4.69) is 21.6 Å². The second-order valence-corrected chi connectivity index (χ2v) is 4.77. The number of nitrogens with zero attached hydrogens (tertiary/aromatic N) is 1. The van der Waals surface area contributed by atoms with Gasteiger partial charge < -0.3 is 5.73 Å². The van der Waals surface area contributed by atoms with E-state index in [0.29, 0.717) is 18.3 Å². The molecule has 2 atom stereocenters. The van der Waals surface area contributed by atoms with Crippen LogP contribution in [0.4, 0.5) is 0 Å². The molecule has 15 heavy (non-hydrogen) atoms. The molecule has 1 saturated carbocycles. The van der Waals surface area contributed by atoms with E-state index in [0.717, 1.165) is 19.3 Å². The lowest BCUT2D eigenvalue weighted by Crippen LogP contribution is -2.30. The zero-order valence-electron chi connectivity index (χ0n) is 8.95. The molecule has 3 N–H and O–H groups in total. The third kappa shape index (κ3) is 2.12. The fourth-order valence-electron chi connectivity index (χ4n) is 2.61. The predicted octanol–water partition coefficient (Wildman–Crippen LogP) is 0.671. The van der Waals surface area contributed by atoms with Crippen LogP contribution in [0.2, 0.25) is 0 Å². The van der Waals surface area contributed by atoms with Crippen molar-refractivity contribution in [2.45, 2.75) is 32.6 Å². The summed E-state index contributed by atoms with van der Waals surface area (Å²) in [7, 11) is 0. The topological polar surface area (TPSA) is 84.9 Å². The third-order valence-electron chi connectivity index (χ3n) is 3.41. The van der Waals surface area contributed by atoms with Crippen molar-refractivity contribution in [1.82, 2.24) is 10.1 Å². The predicted molar refractivity (Wildman–Crippen MR) is 55.3 cm³/mol. The molecule has 1 aromatic heterocycles. The first-order valence-electron chi connectivity index (χ1n) is 5.38. The molecule has 2 rings (SSSR count). The van der Waals surface area contributed by atoms with Gasteiger partial charge in [0, 0.05) is 6.42 Å². The lowest BCUT2D eigenvalue weighted by molar-refractivity contribution is 0.283. The summed E-state index contributed by atoms with van der Waals surface area (Å²) in [4.78, 5) is 13.4. The van der Waals surface area contributed by atoms with E-state index < -0.39 is 5.76 Å². The summed E-state index contributed by atoms with van der Waals surface area (Å²) >= 11 is 0. The number of nitrogens with one attached hydrogen (secondary N) is 1. The minimum absolute atomic E-state index is 0.110. The Kier molecular flexibility index (Phi) is 2.65. The van der Waals surface area contributed by atoms with Gasteiger partial charge in [0.1, 0.15) is 0 Å². The second-order valence-electron chi connectivity index (χ2n) is 4.77. The molecular formula is C10H17N3O2. The van der Waals surface area contributed by atoms with Gasteiger partial charge in [0.05, 0.1) is 0 Å². The van der Waals surface area contributed by atoms with Crippen molar-refractivity contribution in [2.24, 2.45) is 17.1 Å². The molecule has 1 aliphatic carbocycles. The second kappa shape index (κ2) is 3.81. The van der Waals surface area contributed by atoms with Crippen LogP contribution in [0, 0.1) is 11.3 Å². The van der Waals surface area contributed by atoms with Crippen molar-refractivity contribution in [3.8, 4) is 0 Å². The molecule has 0 unspecified atom stereocenters. The van der Waals surface area contributed by atoms with Gasteiger partial charge in [-0.2, -0.15) is 0 Å². The number of aromatic nitrogens is 2. The molecular weight excluding hydrogens is 194 g/mol. The molecule has 5 nitrogen and oxygen atoms in total. The van der Waals surface area contributed by atoms with Crippen LogP contribution in [0.3, 0.4) is 0 Å². The van der Waals surface area contributed by atoms with Gasteiger partial charge in [-0.05, 0) is 30.7 Å². The van der Waals surface area contributed by atoms with Crippen molar-refractivity contribution in [3.63, 3.8) is 0 Å². The molecule has 1 aliphatic rings. The van der Waals surface area contributed by atoms with Gasteiger partial charge in [-0.1, -0.05) is 18.5 Å². The molecule has 0 spiro atoms. The Morgan fingerprint density at radius 2 is 2.53 bits per heavy atom. The maximum absolute atomic E-state index is 10.8. The Bertz CT molecular complexity index is 384. The van der Waals surface area contributed by atoms with Gasteiger partial charge in [-0.15, -0.1) is 0 Å². The largest absolute Gasteiger partial charge is 0.438 e. The van der Waals surface area contributed by atoms with E-state index in [1.54, 1.807) is 0 Å². The summed E-state index contributed by atoms with van der Waals surface area (Å²) in [6, 6.07) is 0. The molecule has 0 radical (unpaired) electrons. The van der Waals surface area contributed by atoms with Crippen LogP contribution in [0.1, 0.15) is 32.0 Å². The molecule has 0 bridgehead atoms. The first-order valence-corrected chi connectivity index (χ1v) is 5.38. The van der Waals surface area contributed by atoms with E-state index >= 15 is 0 Å². The van der Waals surface area contributed by atoms with Gasteiger partial charge >= 0.3 is 5.76 Å². The van der Waals surface area contributed by atoms with Gasteiger partial charge in [0.15, 0.2) is 5.82 Å². The van der Waals surface area contributed by atoms with Crippen LogP contribution in [-0.2, 0) is 6.42 Å². The quantitative estimate of drug-likeness (QED) is 0.769. The molecule has 0 amide bonds. The van der Waals surface area contributed by atoms with Crippen LogP contribution in [0.5, 0.6) is 0 Å². The highest BCUT2D eigenvalue weighted by Gasteiger charge is 2.37. The van der Waals surface area contributed by atoms with Gasteiger partial charge in [-0.25, -0.2) is 4.79 Å². The number of H-pyrrole nitrogens is 1. The smallest absolute Gasteiger partial charge is 0.330 e. The molecule has 0 saturated heterocycles. The van der Waals surface area contributed by atoms with Gasteiger partial charge in [-0.3, -0.25) is 9.51 Å². The van der Waals surface area contributed by atoms with Crippen LogP contribution >= 0.6 is 0 Å². The zero-order valence-corrected chi connectivity index (χ0v) is 8.95. The highest BCUT2D eigenvalue weighted by molar-refractivity contribution is 4.96. The molecule has 0 aliphatic heterocycles. The first kappa shape index (κ1) is 10.4. The Morgan fingerprint density at radius 3 is 3.00 bits per heavy atom. The lowest BCUT2D eigenvalue weighted by Gasteiger charge is -2.25. The van der Waals surface area contributed by atoms with E-state index in [-0.39, 0.29) is 5.41 Å². The summed E-state index contributed by atoms with van der Waals surface area (Å²) in [5.74, 6) is 0.856. The maximum Gasteiger partial charge on any atom is 0.438 e. The average Bonchev–Trinajstić information content (AvgIpc) is 2.75. The molecule has 1 heterocycles. The van der Waals surface area contributed by atoms with E-state index in [1.165, 1.54) is 6.42 Å². The summed E-state index contributed by atoms with van der Waals surface area (Å²) in [5, 5.41) is 3.70. The summed E-state index contributed by atoms with van der Waals surface area (Å²) in [5.41, 5.74) is 5.95. The SMILES string of the molecule is C[C@@H]1CC[C@@](CN)(Cc2noc(=O)[nH]2)C1. The minimum atomic E-state index is -0.483. The lowest BCUT2D eigenvalue weighted by atomic mass is 9.82. The van der Waals surface area contributed by atoms with E-state index in [9.17, 15) is 4.79 Å². The Balaban J connectivity index is 2.11. The number of hydrogen-bond donors (Lipinski definition) is 2. The summed E-state index contributed by atoms with van der Waals surface area (Å²) in [6.45, 7) is 2.88. The average molecular weight is 211 g/mol. The molecule has 5 heteroatoms. The number of rotatable bonds is 3. The van der Waals surface area contributed by atoms with Crippen molar-refractivity contribution in [2.75, 3.05) is 6.54 Å². The maximum atomic E-state index is 10.8. The Labute approximate surface area is 88.0 Å². The summed E-state index contributed by atoms with van der Waals surface area (Å²) < 4.78 is 4.49. The van der Waals surface area contributed by atoms with Crippen molar-refractivity contribution >= 4 is 0 Å². The summed E-state index contributed by atoms with van der Waals surface area (Å²) in [6.07, 6.45) is 4.15. The molecule has 1 aromatic rings. The highest BCUT2D eigenvalue weighted by atomic mass is 16.5. The Hall–Kier alpha value is -1.10.